The number of hydrogen-bond acceptors (Lipinski definition) is 4. The fraction of sp³-hybridized carbons (Fsp3) is 0.355. The SMILES string of the molecule is CC[C@@H](C)NC(=O)[C@H](C)N(Cc1ccc(Cl)cc1Cl)C(=O)CN(c1ccc(C(C)C)cc1)S(=O)(=O)c1ccccc1. The van der Waals surface area contributed by atoms with Crippen LogP contribution in [0.4, 0.5) is 5.69 Å². The van der Waals surface area contributed by atoms with Crippen molar-refractivity contribution in [1.82, 2.24) is 10.2 Å². The van der Waals surface area contributed by atoms with Crippen LogP contribution in [0.5, 0.6) is 0 Å². The van der Waals surface area contributed by atoms with E-state index >= 15 is 0 Å². The van der Waals surface area contributed by atoms with Crippen LogP contribution in [-0.2, 0) is 26.2 Å². The number of halogens is 2. The predicted molar refractivity (Wildman–Crippen MR) is 166 cm³/mol. The fourth-order valence-corrected chi connectivity index (χ4v) is 6.06. The molecule has 0 radical (unpaired) electrons. The maximum atomic E-state index is 14.0. The molecule has 41 heavy (non-hydrogen) atoms. The first kappa shape index (κ1) is 32.4. The fourth-order valence-electron chi connectivity index (χ4n) is 4.16. The second-order valence-electron chi connectivity index (χ2n) is 10.3. The predicted octanol–water partition coefficient (Wildman–Crippen LogP) is 6.64. The van der Waals surface area contributed by atoms with Gasteiger partial charge in [-0.05, 0) is 73.7 Å². The molecule has 0 aliphatic heterocycles. The highest BCUT2D eigenvalue weighted by molar-refractivity contribution is 7.92. The normalized spacial score (nSPS) is 13.0. The van der Waals surface area contributed by atoms with Gasteiger partial charge >= 0.3 is 0 Å². The van der Waals surface area contributed by atoms with E-state index < -0.39 is 28.5 Å². The van der Waals surface area contributed by atoms with Gasteiger partial charge in [-0.3, -0.25) is 13.9 Å². The minimum Gasteiger partial charge on any atom is -0.352 e. The van der Waals surface area contributed by atoms with E-state index in [0.29, 0.717) is 27.7 Å². The minimum atomic E-state index is -4.13. The largest absolute Gasteiger partial charge is 0.352 e. The molecule has 3 rings (SSSR count). The van der Waals surface area contributed by atoms with E-state index in [2.05, 4.69) is 5.32 Å². The summed E-state index contributed by atoms with van der Waals surface area (Å²) in [5.74, 6) is -0.666. The topological polar surface area (TPSA) is 86.8 Å². The summed E-state index contributed by atoms with van der Waals surface area (Å²) in [6, 6.07) is 19.0. The average molecular weight is 619 g/mol. The molecule has 3 aromatic carbocycles. The summed E-state index contributed by atoms with van der Waals surface area (Å²) in [5, 5.41) is 3.68. The Balaban J connectivity index is 2.05. The van der Waals surface area contributed by atoms with Crippen molar-refractivity contribution in [3.8, 4) is 0 Å². The standard InChI is InChI=1S/C31H37Cl2N3O4S/c1-6-22(4)34-31(38)23(5)35(19-25-12-15-26(32)18-29(25)33)30(37)20-36(27-16-13-24(14-17-27)21(2)3)41(39,40)28-10-8-7-9-11-28/h7-18,21-23H,6,19-20H2,1-5H3,(H,34,38)/t22-,23+/m1/s1. The van der Waals surface area contributed by atoms with Gasteiger partial charge in [-0.2, -0.15) is 0 Å². The maximum absolute atomic E-state index is 14.0. The van der Waals surface area contributed by atoms with E-state index in [1.165, 1.54) is 17.0 Å². The van der Waals surface area contributed by atoms with Crippen molar-refractivity contribution >= 4 is 50.7 Å². The smallest absolute Gasteiger partial charge is 0.264 e. The van der Waals surface area contributed by atoms with Crippen molar-refractivity contribution in [3.63, 3.8) is 0 Å². The van der Waals surface area contributed by atoms with Crippen molar-refractivity contribution in [1.29, 1.82) is 0 Å². The monoisotopic (exact) mass is 617 g/mol. The lowest BCUT2D eigenvalue weighted by molar-refractivity contribution is -0.139. The molecule has 0 aromatic heterocycles. The van der Waals surface area contributed by atoms with Crippen molar-refractivity contribution < 1.29 is 18.0 Å². The first-order valence-electron chi connectivity index (χ1n) is 13.6. The molecule has 0 unspecified atom stereocenters. The highest BCUT2D eigenvalue weighted by atomic mass is 35.5. The van der Waals surface area contributed by atoms with Gasteiger partial charge in [0, 0.05) is 22.6 Å². The van der Waals surface area contributed by atoms with Crippen LogP contribution < -0.4 is 9.62 Å². The summed E-state index contributed by atoms with van der Waals surface area (Å²) < 4.78 is 28.9. The first-order chi connectivity index (χ1) is 19.3. The van der Waals surface area contributed by atoms with E-state index in [9.17, 15) is 18.0 Å². The third-order valence-corrected chi connectivity index (χ3v) is 9.36. The molecule has 0 fully saturated rings. The van der Waals surface area contributed by atoms with Crippen molar-refractivity contribution in [2.45, 2.75) is 70.5 Å². The summed E-state index contributed by atoms with van der Waals surface area (Å²) in [4.78, 5) is 28.6. The van der Waals surface area contributed by atoms with Crippen molar-refractivity contribution in [3.05, 3.63) is 94.0 Å². The Hall–Kier alpha value is -3.07. The van der Waals surface area contributed by atoms with Crippen LogP contribution in [0.2, 0.25) is 10.0 Å². The molecular formula is C31H37Cl2N3O4S. The highest BCUT2D eigenvalue weighted by Gasteiger charge is 2.33. The van der Waals surface area contributed by atoms with Crippen molar-refractivity contribution in [2.75, 3.05) is 10.8 Å². The molecular weight excluding hydrogens is 581 g/mol. The van der Waals surface area contributed by atoms with Gasteiger partial charge < -0.3 is 10.2 Å². The van der Waals surface area contributed by atoms with Gasteiger partial charge in [-0.1, -0.05) is 80.4 Å². The average Bonchev–Trinajstić information content (AvgIpc) is 2.95. The first-order valence-corrected chi connectivity index (χ1v) is 15.8. The quantitative estimate of drug-likeness (QED) is 0.247. The Labute approximate surface area is 253 Å². The van der Waals surface area contributed by atoms with Crippen LogP contribution in [0, 0.1) is 0 Å². The van der Waals surface area contributed by atoms with Crippen LogP contribution in [-0.4, -0.2) is 43.8 Å². The Morgan fingerprint density at radius 1 is 0.902 bits per heavy atom. The number of nitrogens with one attached hydrogen (secondary N) is 1. The number of benzene rings is 3. The van der Waals surface area contributed by atoms with E-state index in [1.54, 1.807) is 55.5 Å². The van der Waals surface area contributed by atoms with Gasteiger partial charge in [0.15, 0.2) is 0 Å². The van der Waals surface area contributed by atoms with Crippen molar-refractivity contribution in [2.24, 2.45) is 0 Å². The molecule has 0 spiro atoms. The van der Waals surface area contributed by atoms with E-state index in [1.807, 2.05) is 39.8 Å². The number of hydrogen-bond donors (Lipinski definition) is 1. The van der Waals surface area contributed by atoms with Gasteiger partial charge in [0.2, 0.25) is 11.8 Å². The number of carbonyl (C=O) groups excluding carboxylic acids is 2. The van der Waals surface area contributed by atoms with Gasteiger partial charge in [0.25, 0.3) is 10.0 Å². The molecule has 220 valence electrons. The molecule has 1 N–H and O–H groups in total. The lowest BCUT2D eigenvalue weighted by atomic mass is 10.0. The molecule has 7 nitrogen and oxygen atoms in total. The second kappa shape index (κ2) is 14.2. The van der Waals surface area contributed by atoms with Crippen LogP contribution in [0.15, 0.2) is 77.7 Å². The number of anilines is 1. The third-order valence-electron chi connectivity index (χ3n) is 6.98. The van der Waals surface area contributed by atoms with Gasteiger partial charge in [-0.25, -0.2) is 8.42 Å². The Morgan fingerprint density at radius 2 is 1.54 bits per heavy atom. The second-order valence-corrected chi connectivity index (χ2v) is 13.0. The van der Waals surface area contributed by atoms with Crippen LogP contribution >= 0.6 is 23.2 Å². The third kappa shape index (κ3) is 8.24. The maximum Gasteiger partial charge on any atom is 0.264 e. The Bertz CT molecular complexity index is 1450. The Kier molecular flexibility index (Phi) is 11.2. The van der Waals surface area contributed by atoms with Crippen LogP contribution in [0.1, 0.15) is 58.1 Å². The minimum absolute atomic E-state index is 0.0184. The lowest BCUT2D eigenvalue weighted by Gasteiger charge is -2.32. The summed E-state index contributed by atoms with van der Waals surface area (Å²) in [7, 11) is -4.13. The zero-order chi connectivity index (χ0) is 30.3. The molecule has 0 saturated carbocycles. The molecule has 0 saturated heterocycles. The summed E-state index contributed by atoms with van der Waals surface area (Å²) in [6.07, 6.45) is 0.713. The van der Waals surface area contributed by atoms with E-state index in [4.69, 9.17) is 23.2 Å². The zero-order valence-electron chi connectivity index (χ0n) is 24.0. The number of nitrogens with zero attached hydrogens (tertiary/aromatic N) is 2. The molecule has 0 aliphatic rings. The number of amides is 2. The summed E-state index contributed by atoms with van der Waals surface area (Å²) >= 11 is 12.5. The van der Waals surface area contributed by atoms with Crippen LogP contribution in [0.25, 0.3) is 0 Å². The summed E-state index contributed by atoms with van der Waals surface area (Å²) in [5.41, 5.74) is 1.95. The van der Waals surface area contributed by atoms with Gasteiger partial charge in [0.1, 0.15) is 12.6 Å². The van der Waals surface area contributed by atoms with Gasteiger partial charge in [0.05, 0.1) is 10.6 Å². The zero-order valence-corrected chi connectivity index (χ0v) is 26.3. The van der Waals surface area contributed by atoms with Gasteiger partial charge in [-0.15, -0.1) is 0 Å². The number of sulfonamides is 1. The molecule has 0 heterocycles. The molecule has 2 atom stereocenters. The lowest BCUT2D eigenvalue weighted by Crippen LogP contribution is -2.52. The van der Waals surface area contributed by atoms with Crippen LogP contribution in [0.3, 0.4) is 0 Å². The molecule has 2 amide bonds. The molecule has 0 aliphatic carbocycles. The Morgan fingerprint density at radius 3 is 2.10 bits per heavy atom. The highest BCUT2D eigenvalue weighted by Crippen LogP contribution is 2.28. The van der Waals surface area contributed by atoms with E-state index in [0.717, 1.165) is 9.87 Å². The number of rotatable bonds is 12. The molecule has 0 bridgehead atoms. The molecule has 3 aromatic rings. The summed E-state index contributed by atoms with van der Waals surface area (Å²) in [6.45, 7) is 8.99. The molecule has 10 heteroatoms. The number of carbonyl (C=O) groups is 2. The van der Waals surface area contributed by atoms with E-state index in [-0.39, 0.29) is 29.3 Å².